The van der Waals surface area contributed by atoms with Crippen molar-refractivity contribution in [2.75, 3.05) is 0 Å². The number of hydrogen-bond donors (Lipinski definition) is 2. The first-order valence-electron chi connectivity index (χ1n) is 12.0. The van der Waals surface area contributed by atoms with E-state index in [2.05, 4.69) is 6.92 Å². The van der Waals surface area contributed by atoms with Crippen molar-refractivity contribution < 1.29 is 24.5 Å². The molecule has 2 N–H and O–H groups in total. The Morgan fingerprint density at radius 2 is 1.66 bits per heavy atom. The number of ketones is 1. The number of carbonyl (C=O) groups is 2. The van der Waals surface area contributed by atoms with Gasteiger partial charge in [-0.2, -0.15) is 0 Å². The number of unbranched alkanes of at least 4 members (excludes halogenated alkanes) is 7. The molecule has 1 saturated carbocycles. The van der Waals surface area contributed by atoms with E-state index in [0.29, 0.717) is 18.1 Å². The molecule has 0 saturated heterocycles. The molecule has 5 heteroatoms. The smallest absolute Gasteiger partial charge is 0.311 e. The number of carboxylic acid groups (broad SMARTS) is 1. The fourth-order valence-corrected chi connectivity index (χ4v) is 4.57. The molecule has 0 spiro atoms. The van der Waals surface area contributed by atoms with Crippen LogP contribution in [-0.4, -0.2) is 34.4 Å². The van der Waals surface area contributed by atoms with Gasteiger partial charge in [-0.25, -0.2) is 0 Å². The lowest BCUT2D eigenvalue weighted by Crippen LogP contribution is -2.32. The number of aliphatic hydroxyl groups excluding tert-OH is 1. The highest BCUT2D eigenvalue weighted by Crippen LogP contribution is 2.36. The van der Waals surface area contributed by atoms with Gasteiger partial charge in [0.2, 0.25) is 0 Å². The summed E-state index contributed by atoms with van der Waals surface area (Å²) in [7, 11) is 0. The fourth-order valence-electron chi connectivity index (χ4n) is 4.57. The molecule has 1 rings (SSSR count). The van der Waals surface area contributed by atoms with Crippen molar-refractivity contribution in [2.24, 2.45) is 17.8 Å². The summed E-state index contributed by atoms with van der Waals surface area (Å²) in [5.41, 5.74) is 0. The van der Waals surface area contributed by atoms with Gasteiger partial charge in [-0.15, -0.1) is 0 Å². The van der Waals surface area contributed by atoms with Gasteiger partial charge in [-0.3, -0.25) is 9.59 Å². The first-order valence-corrected chi connectivity index (χ1v) is 12.0. The number of ether oxygens (including phenoxy) is 1. The van der Waals surface area contributed by atoms with Gasteiger partial charge < -0.3 is 14.9 Å². The number of Topliss-reactive ketones (excluding diaryl/α,β-unsaturated/α-hetero) is 1. The lowest BCUT2D eigenvalue weighted by Gasteiger charge is -2.22. The zero-order valence-electron chi connectivity index (χ0n) is 18.9. The van der Waals surface area contributed by atoms with E-state index in [0.717, 1.165) is 38.5 Å². The zero-order chi connectivity index (χ0) is 21.6. The highest BCUT2D eigenvalue weighted by molar-refractivity contribution is 5.83. The molecule has 0 amide bonds. The van der Waals surface area contributed by atoms with E-state index in [1.54, 1.807) is 13.8 Å². The Labute approximate surface area is 177 Å². The normalized spacial score (nSPS) is 21.6. The maximum Gasteiger partial charge on any atom is 0.311 e. The van der Waals surface area contributed by atoms with Crippen LogP contribution in [0, 0.1) is 17.8 Å². The van der Waals surface area contributed by atoms with Gasteiger partial charge in [-0.05, 0) is 45.4 Å². The van der Waals surface area contributed by atoms with Crippen molar-refractivity contribution in [2.45, 2.75) is 123 Å². The number of carbonyl (C=O) groups excluding carboxylic acids is 1. The van der Waals surface area contributed by atoms with Gasteiger partial charge in [0.1, 0.15) is 11.7 Å². The minimum atomic E-state index is -1.26. The molecule has 1 fully saturated rings. The topological polar surface area (TPSA) is 83.8 Å². The summed E-state index contributed by atoms with van der Waals surface area (Å²) in [6.45, 7) is 5.79. The summed E-state index contributed by atoms with van der Waals surface area (Å²) in [6, 6.07) is 0. The van der Waals surface area contributed by atoms with Crippen LogP contribution >= 0.6 is 0 Å². The number of aliphatic carboxylic acids is 1. The second kappa shape index (κ2) is 15.0. The van der Waals surface area contributed by atoms with Gasteiger partial charge >= 0.3 is 5.97 Å². The van der Waals surface area contributed by atoms with Crippen molar-refractivity contribution in [3.63, 3.8) is 0 Å². The van der Waals surface area contributed by atoms with E-state index in [9.17, 15) is 19.8 Å². The van der Waals surface area contributed by atoms with Gasteiger partial charge in [0, 0.05) is 12.3 Å². The van der Waals surface area contributed by atoms with Crippen LogP contribution in [0.5, 0.6) is 0 Å². The summed E-state index contributed by atoms with van der Waals surface area (Å²) < 4.78 is 5.24. The molecule has 170 valence electrons. The average Bonchev–Trinajstić information content (AvgIpc) is 2.99. The van der Waals surface area contributed by atoms with E-state index < -0.39 is 18.2 Å². The summed E-state index contributed by atoms with van der Waals surface area (Å²) in [6.07, 6.45) is 13.2. The molecule has 0 aromatic carbocycles. The van der Waals surface area contributed by atoms with E-state index in [-0.39, 0.29) is 12.0 Å². The van der Waals surface area contributed by atoms with Gasteiger partial charge in [0.15, 0.2) is 6.29 Å². The van der Waals surface area contributed by atoms with Gasteiger partial charge in [-0.1, -0.05) is 64.7 Å². The Bertz CT molecular complexity index is 462. The molecule has 5 nitrogen and oxygen atoms in total. The van der Waals surface area contributed by atoms with Crippen LogP contribution in [-0.2, 0) is 14.3 Å². The molecular formula is C24H44O5. The highest BCUT2D eigenvalue weighted by atomic mass is 16.6. The van der Waals surface area contributed by atoms with Crippen LogP contribution in [0.1, 0.15) is 111 Å². The van der Waals surface area contributed by atoms with E-state index in [1.807, 2.05) is 0 Å². The Hall–Kier alpha value is -0.940. The average molecular weight is 413 g/mol. The number of rotatable bonds is 17. The second-order valence-electron chi connectivity index (χ2n) is 9.09. The summed E-state index contributed by atoms with van der Waals surface area (Å²) in [4.78, 5) is 23.7. The summed E-state index contributed by atoms with van der Waals surface area (Å²) in [5.74, 6) is -0.684. The Morgan fingerprint density at radius 3 is 2.31 bits per heavy atom. The van der Waals surface area contributed by atoms with Crippen molar-refractivity contribution in [3.8, 4) is 0 Å². The standard InChI is InChI=1S/C24H44O5/c1-4-5-6-7-8-10-13-19-16-17-22(25)20(19)14-11-9-12-15-21(23(26)27)24(28)29-18(2)3/h18-21,24,28H,4-17H2,1-3H3,(H,26,27)/t19-,20+,21?,24?/m0/s1. The second-order valence-corrected chi connectivity index (χ2v) is 9.09. The lowest BCUT2D eigenvalue weighted by molar-refractivity contribution is -0.180. The maximum atomic E-state index is 12.3. The van der Waals surface area contributed by atoms with Gasteiger partial charge in [0.25, 0.3) is 0 Å². The Kier molecular flexibility index (Phi) is 13.5. The van der Waals surface area contributed by atoms with Crippen LogP contribution in [0.25, 0.3) is 0 Å². The van der Waals surface area contributed by atoms with E-state index in [4.69, 9.17) is 4.74 Å². The zero-order valence-corrected chi connectivity index (χ0v) is 18.9. The minimum Gasteiger partial charge on any atom is -0.481 e. The molecule has 0 aromatic rings. The van der Waals surface area contributed by atoms with E-state index in [1.165, 1.54) is 44.9 Å². The molecule has 1 aliphatic carbocycles. The van der Waals surface area contributed by atoms with Crippen LogP contribution < -0.4 is 0 Å². The number of carboxylic acids is 1. The highest BCUT2D eigenvalue weighted by Gasteiger charge is 2.33. The maximum absolute atomic E-state index is 12.3. The lowest BCUT2D eigenvalue weighted by atomic mass is 9.86. The predicted octanol–water partition coefficient (Wildman–Crippen LogP) is 5.73. The van der Waals surface area contributed by atoms with Crippen molar-refractivity contribution >= 4 is 11.8 Å². The SMILES string of the molecule is CCCCCCCC[C@H]1CCC(=O)[C@@H]1CCCCCC(C(=O)O)C(O)OC(C)C. The monoisotopic (exact) mass is 412 g/mol. The minimum absolute atomic E-state index is 0.205. The molecule has 0 radical (unpaired) electrons. The van der Waals surface area contributed by atoms with E-state index >= 15 is 0 Å². The van der Waals surface area contributed by atoms with Crippen LogP contribution in [0.3, 0.4) is 0 Å². The van der Waals surface area contributed by atoms with Gasteiger partial charge in [0.05, 0.1) is 6.10 Å². The third-order valence-corrected chi connectivity index (χ3v) is 6.28. The predicted molar refractivity (Wildman–Crippen MR) is 116 cm³/mol. The summed E-state index contributed by atoms with van der Waals surface area (Å²) >= 11 is 0. The number of aliphatic hydroxyl groups is 1. The van der Waals surface area contributed by atoms with Crippen LogP contribution in [0.2, 0.25) is 0 Å². The molecule has 1 aliphatic rings. The fraction of sp³-hybridized carbons (Fsp3) is 0.917. The Balaban J connectivity index is 2.26. The van der Waals surface area contributed by atoms with Crippen molar-refractivity contribution in [1.82, 2.24) is 0 Å². The first-order chi connectivity index (χ1) is 13.9. The molecule has 29 heavy (non-hydrogen) atoms. The van der Waals surface area contributed by atoms with Crippen LogP contribution in [0.4, 0.5) is 0 Å². The quantitative estimate of drug-likeness (QED) is 0.235. The third kappa shape index (κ3) is 10.6. The molecule has 0 aliphatic heterocycles. The number of hydrogen-bond acceptors (Lipinski definition) is 4. The largest absolute Gasteiger partial charge is 0.481 e. The first kappa shape index (κ1) is 26.1. The summed E-state index contributed by atoms with van der Waals surface area (Å²) in [5, 5.41) is 19.3. The Morgan fingerprint density at radius 1 is 1.03 bits per heavy atom. The van der Waals surface area contributed by atoms with Crippen molar-refractivity contribution in [1.29, 1.82) is 0 Å². The molecule has 0 aromatic heterocycles. The molecular weight excluding hydrogens is 368 g/mol. The van der Waals surface area contributed by atoms with Crippen LogP contribution in [0.15, 0.2) is 0 Å². The third-order valence-electron chi connectivity index (χ3n) is 6.28. The molecule has 4 atom stereocenters. The van der Waals surface area contributed by atoms with Crippen molar-refractivity contribution in [3.05, 3.63) is 0 Å². The molecule has 2 unspecified atom stereocenters. The molecule has 0 heterocycles. The molecule has 0 bridgehead atoms.